The lowest BCUT2D eigenvalue weighted by Crippen LogP contribution is -2.17. The van der Waals surface area contributed by atoms with E-state index in [0.29, 0.717) is 12.8 Å². The van der Waals surface area contributed by atoms with Gasteiger partial charge in [-0.1, -0.05) is 19.1 Å². The number of halogens is 3. The molecule has 0 amide bonds. The van der Waals surface area contributed by atoms with Crippen molar-refractivity contribution in [2.24, 2.45) is 5.92 Å². The van der Waals surface area contributed by atoms with Crippen molar-refractivity contribution in [1.29, 1.82) is 0 Å². The molecule has 98 valence electrons. The number of benzene rings is 1. The molecule has 2 atom stereocenters. The van der Waals surface area contributed by atoms with E-state index in [2.05, 4.69) is 4.74 Å². The van der Waals surface area contributed by atoms with Crippen LogP contribution in [-0.4, -0.2) is 12.1 Å². The summed E-state index contributed by atoms with van der Waals surface area (Å²) in [5, 5.41) is 0. The summed E-state index contributed by atoms with van der Waals surface area (Å²) in [6, 6.07) is 5.88. The molecule has 2 rings (SSSR count). The van der Waals surface area contributed by atoms with Crippen molar-refractivity contribution in [3.8, 4) is 5.75 Å². The Kier molecular flexibility index (Phi) is 3.32. The van der Waals surface area contributed by atoms with Gasteiger partial charge in [0.2, 0.25) is 0 Å². The molecular weight excluding hydrogens is 245 g/mol. The monoisotopic (exact) mass is 258 g/mol. The normalized spacial score (nSPS) is 24.3. The van der Waals surface area contributed by atoms with Crippen LogP contribution < -0.4 is 4.74 Å². The highest BCUT2D eigenvalue weighted by Crippen LogP contribution is 2.37. The summed E-state index contributed by atoms with van der Waals surface area (Å²) in [6.45, 7) is 1.85. The second kappa shape index (κ2) is 4.63. The SMILES string of the molecule is CC1CC(c2cccc(OC(F)(F)F)c2)CC1=O. The number of alkyl halides is 3. The Labute approximate surface area is 103 Å². The molecule has 5 heteroatoms. The van der Waals surface area contributed by atoms with Crippen molar-refractivity contribution in [1.82, 2.24) is 0 Å². The third kappa shape index (κ3) is 3.03. The molecule has 1 saturated carbocycles. The van der Waals surface area contributed by atoms with Crippen LogP contribution in [0.5, 0.6) is 5.75 Å². The van der Waals surface area contributed by atoms with Gasteiger partial charge in [-0.05, 0) is 30.0 Å². The fraction of sp³-hybridized carbons (Fsp3) is 0.462. The van der Waals surface area contributed by atoms with Crippen molar-refractivity contribution in [3.63, 3.8) is 0 Å². The van der Waals surface area contributed by atoms with Crippen LogP contribution in [0.15, 0.2) is 24.3 Å². The van der Waals surface area contributed by atoms with Gasteiger partial charge in [0, 0.05) is 12.3 Å². The number of ether oxygens (including phenoxy) is 1. The Morgan fingerprint density at radius 3 is 2.61 bits per heavy atom. The molecule has 1 aromatic carbocycles. The minimum Gasteiger partial charge on any atom is -0.406 e. The van der Waals surface area contributed by atoms with E-state index in [9.17, 15) is 18.0 Å². The molecule has 2 unspecified atom stereocenters. The average molecular weight is 258 g/mol. The van der Waals surface area contributed by atoms with Gasteiger partial charge in [-0.3, -0.25) is 4.79 Å². The summed E-state index contributed by atoms with van der Waals surface area (Å²) >= 11 is 0. The lowest BCUT2D eigenvalue weighted by molar-refractivity contribution is -0.274. The predicted octanol–water partition coefficient (Wildman–Crippen LogP) is 3.67. The Hall–Kier alpha value is -1.52. The van der Waals surface area contributed by atoms with Gasteiger partial charge in [-0.25, -0.2) is 0 Å². The zero-order chi connectivity index (χ0) is 13.3. The molecule has 0 saturated heterocycles. The number of hydrogen-bond donors (Lipinski definition) is 0. The summed E-state index contributed by atoms with van der Waals surface area (Å²) in [4.78, 5) is 11.5. The van der Waals surface area contributed by atoms with Crippen LogP contribution >= 0.6 is 0 Å². The van der Waals surface area contributed by atoms with E-state index in [4.69, 9.17) is 0 Å². The van der Waals surface area contributed by atoms with Crippen molar-refractivity contribution in [3.05, 3.63) is 29.8 Å². The zero-order valence-corrected chi connectivity index (χ0v) is 9.83. The number of ketones is 1. The number of carbonyl (C=O) groups is 1. The molecule has 18 heavy (non-hydrogen) atoms. The van der Waals surface area contributed by atoms with Gasteiger partial charge >= 0.3 is 6.36 Å². The van der Waals surface area contributed by atoms with Gasteiger partial charge in [0.05, 0.1) is 0 Å². The first-order valence-corrected chi connectivity index (χ1v) is 5.73. The second-order valence-electron chi connectivity index (χ2n) is 4.62. The van der Waals surface area contributed by atoms with Crippen LogP contribution in [0.3, 0.4) is 0 Å². The molecule has 0 aromatic heterocycles. The van der Waals surface area contributed by atoms with Gasteiger partial charge in [0.15, 0.2) is 0 Å². The summed E-state index contributed by atoms with van der Waals surface area (Å²) in [5.41, 5.74) is 0.731. The highest BCUT2D eigenvalue weighted by Gasteiger charge is 2.33. The van der Waals surface area contributed by atoms with E-state index >= 15 is 0 Å². The van der Waals surface area contributed by atoms with Crippen LogP contribution in [0.1, 0.15) is 31.2 Å². The topological polar surface area (TPSA) is 26.3 Å². The molecule has 1 aliphatic carbocycles. The van der Waals surface area contributed by atoms with Crippen LogP contribution in [-0.2, 0) is 4.79 Å². The van der Waals surface area contributed by atoms with Gasteiger partial charge in [0.1, 0.15) is 11.5 Å². The molecule has 2 nitrogen and oxygen atoms in total. The number of rotatable bonds is 2. The Morgan fingerprint density at radius 2 is 2.06 bits per heavy atom. The highest BCUT2D eigenvalue weighted by atomic mass is 19.4. The number of carbonyl (C=O) groups excluding carboxylic acids is 1. The summed E-state index contributed by atoms with van der Waals surface area (Å²) in [6.07, 6.45) is -3.59. The van der Waals surface area contributed by atoms with E-state index in [1.807, 2.05) is 6.92 Å². The minimum absolute atomic E-state index is 0.00397. The fourth-order valence-corrected chi connectivity index (χ4v) is 2.31. The zero-order valence-electron chi connectivity index (χ0n) is 9.83. The quantitative estimate of drug-likeness (QED) is 0.809. The first kappa shape index (κ1) is 12.9. The maximum Gasteiger partial charge on any atom is 0.573 e. The Morgan fingerprint density at radius 1 is 1.33 bits per heavy atom. The molecule has 1 aromatic rings. The van der Waals surface area contributed by atoms with Gasteiger partial charge in [0.25, 0.3) is 0 Å². The molecule has 0 bridgehead atoms. The molecule has 0 radical (unpaired) electrons. The van der Waals surface area contributed by atoms with Crippen molar-refractivity contribution in [2.45, 2.75) is 32.0 Å². The van der Waals surface area contributed by atoms with Crippen molar-refractivity contribution >= 4 is 5.78 Å². The number of Topliss-reactive ketones (excluding diaryl/α,β-unsaturated/α-hetero) is 1. The maximum absolute atomic E-state index is 12.1. The molecule has 0 aliphatic heterocycles. The van der Waals surface area contributed by atoms with Crippen LogP contribution in [0, 0.1) is 5.92 Å². The van der Waals surface area contributed by atoms with Crippen molar-refractivity contribution in [2.75, 3.05) is 0 Å². The smallest absolute Gasteiger partial charge is 0.406 e. The van der Waals surface area contributed by atoms with E-state index < -0.39 is 6.36 Å². The summed E-state index contributed by atoms with van der Waals surface area (Å²) < 4.78 is 40.2. The Balaban J connectivity index is 2.15. The predicted molar refractivity (Wildman–Crippen MR) is 59.3 cm³/mol. The average Bonchev–Trinajstić information content (AvgIpc) is 2.57. The molecule has 0 heterocycles. The van der Waals surface area contributed by atoms with Gasteiger partial charge in [-0.2, -0.15) is 0 Å². The first-order valence-electron chi connectivity index (χ1n) is 5.73. The van der Waals surface area contributed by atoms with Crippen LogP contribution in [0.2, 0.25) is 0 Å². The lowest BCUT2D eigenvalue weighted by Gasteiger charge is -2.13. The Bertz CT molecular complexity index is 454. The van der Waals surface area contributed by atoms with Crippen molar-refractivity contribution < 1.29 is 22.7 Å². The lowest BCUT2D eigenvalue weighted by atomic mass is 9.96. The number of hydrogen-bond acceptors (Lipinski definition) is 2. The standard InChI is InChI=1S/C13H13F3O2/c1-8-5-10(7-12(8)17)9-3-2-4-11(6-9)18-13(14,15)16/h2-4,6,8,10H,5,7H2,1H3. The molecule has 0 N–H and O–H groups in total. The molecule has 1 aliphatic rings. The molecule has 0 spiro atoms. The summed E-state index contributed by atoms with van der Waals surface area (Å²) in [5.74, 6) is -0.0689. The van der Waals surface area contributed by atoms with E-state index in [1.165, 1.54) is 18.2 Å². The van der Waals surface area contributed by atoms with Gasteiger partial charge < -0.3 is 4.74 Å². The third-order valence-electron chi connectivity index (χ3n) is 3.20. The van der Waals surface area contributed by atoms with E-state index in [-0.39, 0.29) is 23.4 Å². The minimum atomic E-state index is -4.68. The second-order valence-corrected chi connectivity index (χ2v) is 4.62. The fourth-order valence-electron chi connectivity index (χ4n) is 2.31. The first-order chi connectivity index (χ1) is 8.35. The molecular formula is C13H13F3O2. The van der Waals surface area contributed by atoms with Crippen LogP contribution in [0.25, 0.3) is 0 Å². The highest BCUT2D eigenvalue weighted by molar-refractivity contribution is 5.84. The maximum atomic E-state index is 12.1. The third-order valence-corrected chi connectivity index (χ3v) is 3.20. The van der Waals surface area contributed by atoms with E-state index in [1.54, 1.807) is 6.07 Å². The van der Waals surface area contributed by atoms with Gasteiger partial charge in [-0.15, -0.1) is 13.2 Å². The van der Waals surface area contributed by atoms with E-state index in [0.717, 1.165) is 5.56 Å². The largest absolute Gasteiger partial charge is 0.573 e. The van der Waals surface area contributed by atoms with Crippen LogP contribution in [0.4, 0.5) is 13.2 Å². The summed E-state index contributed by atoms with van der Waals surface area (Å²) in [7, 11) is 0. The molecule has 1 fully saturated rings.